The van der Waals surface area contributed by atoms with E-state index in [1.165, 1.54) is 28.7 Å². The summed E-state index contributed by atoms with van der Waals surface area (Å²) in [6.07, 6.45) is -9.24. The van der Waals surface area contributed by atoms with E-state index in [4.69, 9.17) is 0 Å². The number of fused-ring (bicyclic) bond motifs is 3. The van der Waals surface area contributed by atoms with Crippen LogP contribution in [0.1, 0.15) is 116 Å². The van der Waals surface area contributed by atoms with E-state index in [0.717, 1.165) is 0 Å². The van der Waals surface area contributed by atoms with E-state index in [1.807, 2.05) is 0 Å². The van der Waals surface area contributed by atoms with Crippen molar-refractivity contribution < 1.29 is 26.3 Å². The van der Waals surface area contributed by atoms with Crippen LogP contribution >= 0.6 is 0 Å². The molecule has 0 saturated heterocycles. The lowest BCUT2D eigenvalue weighted by Gasteiger charge is -2.29. The minimum Gasteiger partial charge on any atom is -0.170 e. The Hall–Kier alpha value is -1.98. The third kappa shape index (κ3) is 12.7. The molecule has 0 aliphatic heterocycles. The summed E-state index contributed by atoms with van der Waals surface area (Å²) in [5, 5.41) is 0. The van der Waals surface area contributed by atoms with E-state index in [1.54, 1.807) is 0 Å². The van der Waals surface area contributed by atoms with Gasteiger partial charge in [-0.15, -0.1) is 0 Å². The van der Waals surface area contributed by atoms with Crippen LogP contribution in [-0.4, -0.2) is 12.4 Å². The minimum absolute atomic E-state index is 0. The molecule has 0 aromatic heterocycles. The topological polar surface area (TPSA) is 0 Å². The van der Waals surface area contributed by atoms with E-state index in [0.29, 0.717) is 5.41 Å². The summed E-state index contributed by atoms with van der Waals surface area (Å²) in [5.41, 5.74) is 2.74. The first-order valence-corrected chi connectivity index (χ1v) is 11.5. The maximum Gasteiger partial charge on any atom is 0.402 e. The van der Waals surface area contributed by atoms with Crippen LogP contribution in [0.3, 0.4) is 0 Å². The van der Waals surface area contributed by atoms with Crippen LogP contribution < -0.4 is 0 Å². The van der Waals surface area contributed by atoms with E-state index in [2.05, 4.69) is 104 Å². The summed E-state index contributed by atoms with van der Waals surface area (Å²) in [7, 11) is 0. The predicted molar refractivity (Wildman–Crippen MR) is 158 cm³/mol. The number of hydrogen-bond acceptors (Lipinski definition) is 0. The molecule has 0 amide bonds. The highest BCUT2D eigenvalue weighted by atomic mass is 19.4. The third-order valence-electron chi connectivity index (χ3n) is 4.91. The first-order chi connectivity index (χ1) is 15.1. The number of benzene rings is 2. The molecule has 3 rings (SSSR count). The molecular weight excluding hydrogens is 498 g/mol. The number of halogens is 6. The zero-order valence-corrected chi connectivity index (χ0v) is 22.1. The maximum atomic E-state index is 11.6. The summed E-state index contributed by atoms with van der Waals surface area (Å²) in [6, 6.07) is 17.4. The Kier molecular flexibility index (Phi) is 20.4. The highest BCUT2D eigenvalue weighted by Gasteiger charge is 2.64. The molecule has 2 aromatic rings. The molecule has 0 N–H and O–H groups in total. The SMILES string of the molecule is C.C.C.C.CC(C)(C(F)(F)F)C(F)(F)F.CC(C)(C)C.CC1(C)c2ccccc2-c2ccccc21.CCC. The van der Waals surface area contributed by atoms with Crippen LogP contribution in [0.25, 0.3) is 11.1 Å². The summed E-state index contributed by atoms with van der Waals surface area (Å²) in [6.45, 7) is 17.8. The Balaban J connectivity index is -0.000000142. The van der Waals surface area contributed by atoms with Crippen LogP contribution in [0, 0.1) is 10.8 Å². The Bertz CT molecular complexity index is 812. The monoisotopic (exact) mass is 554 g/mol. The molecule has 0 nitrogen and oxygen atoms in total. The van der Waals surface area contributed by atoms with Gasteiger partial charge in [0.1, 0.15) is 0 Å². The van der Waals surface area contributed by atoms with Gasteiger partial charge in [-0.2, -0.15) is 26.3 Å². The maximum absolute atomic E-state index is 11.6. The molecule has 38 heavy (non-hydrogen) atoms. The van der Waals surface area contributed by atoms with Crippen LogP contribution in [0.15, 0.2) is 48.5 Å². The van der Waals surface area contributed by atoms with Gasteiger partial charge in [0.15, 0.2) is 5.41 Å². The van der Waals surface area contributed by atoms with Crippen molar-refractivity contribution in [1.29, 1.82) is 0 Å². The number of alkyl halides is 6. The van der Waals surface area contributed by atoms with E-state index in [9.17, 15) is 26.3 Å². The van der Waals surface area contributed by atoms with Gasteiger partial charge in [0.05, 0.1) is 0 Å². The summed E-state index contributed by atoms with van der Waals surface area (Å²) in [5.74, 6) is 0. The lowest BCUT2D eigenvalue weighted by Crippen LogP contribution is -2.44. The van der Waals surface area contributed by atoms with Crippen LogP contribution in [0.2, 0.25) is 0 Å². The smallest absolute Gasteiger partial charge is 0.170 e. The van der Waals surface area contributed by atoms with Gasteiger partial charge in [0.2, 0.25) is 0 Å². The predicted octanol–water partition coefficient (Wildman–Crippen LogP) is 13.1. The standard InChI is InChI=1S/C15H14.C5H6F6.C5H12.C3H8.4CH4/c1-15(2)13-9-5-3-7-11(13)12-8-4-6-10-14(12)15;1-3(2,4(6,7)8)5(9,10)11;1-5(2,3)4;1-3-2;;;;/h3-10H,1-2H3;1-2H3;1-4H3;3H2,1-2H3;4*1H4. The van der Waals surface area contributed by atoms with Crippen molar-refractivity contribution in [1.82, 2.24) is 0 Å². The second-order valence-corrected chi connectivity index (χ2v) is 11.0. The lowest BCUT2D eigenvalue weighted by atomic mass is 9.82. The average Bonchev–Trinajstić information content (AvgIpc) is 2.88. The van der Waals surface area contributed by atoms with Gasteiger partial charge in [0, 0.05) is 5.41 Å². The largest absolute Gasteiger partial charge is 0.402 e. The van der Waals surface area contributed by atoms with Crippen molar-refractivity contribution in [2.75, 3.05) is 0 Å². The van der Waals surface area contributed by atoms with Crippen molar-refractivity contribution in [2.45, 2.75) is 123 Å². The molecule has 0 spiro atoms. The molecule has 0 fully saturated rings. The van der Waals surface area contributed by atoms with E-state index in [-0.39, 0.29) is 49.0 Å². The van der Waals surface area contributed by atoms with Crippen LogP contribution in [0.4, 0.5) is 26.3 Å². The lowest BCUT2D eigenvalue weighted by molar-refractivity contribution is -0.327. The fourth-order valence-corrected chi connectivity index (χ4v) is 2.83. The molecular formula is C32H56F6. The minimum atomic E-state index is -5.24. The zero-order valence-electron chi connectivity index (χ0n) is 22.1. The molecule has 0 bridgehead atoms. The van der Waals surface area contributed by atoms with Gasteiger partial charge < -0.3 is 0 Å². The molecule has 0 heterocycles. The Morgan fingerprint density at radius 3 is 0.947 bits per heavy atom. The van der Waals surface area contributed by atoms with E-state index >= 15 is 0 Å². The molecule has 1 aliphatic carbocycles. The first-order valence-electron chi connectivity index (χ1n) is 11.5. The molecule has 1 aliphatic rings. The van der Waals surface area contributed by atoms with Crippen molar-refractivity contribution in [3.63, 3.8) is 0 Å². The zero-order chi connectivity index (χ0) is 27.2. The third-order valence-corrected chi connectivity index (χ3v) is 4.91. The molecule has 226 valence electrons. The molecule has 0 atom stereocenters. The van der Waals surface area contributed by atoms with Gasteiger partial charge in [-0.1, -0.05) is 140 Å². The second kappa shape index (κ2) is 16.9. The Morgan fingerprint density at radius 1 is 0.553 bits per heavy atom. The van der Waals surface area contributed by atoms with Gasteiger partial charge in [-0.25, -0.2) is 0 Å². The van der Waals surface area contributed by atoms with Gasteiger partial charge >= 0.3 is 12.4 Å². The quantitative estimate of drug-likeness (QED) is 0.284. The summed E-state index contributed by atoms with van der Waals surface area (Å²) in [4.78, 5) is 0. The molecule has 0 radical (unpaired) electrons. The number of rotatable bonds is 0. The highest BCUT2D eigenvalue weighted by molar-refractivity contribution is 5.80. The van der Waals surface area contributed by atoms with Crippen LogP contribution in [0.5, 0.6) is 0 Å². The Labute approximate surface area is 231 Å². The first kappa shape index (κ1) is 45.9. The molecule has 2 aromatic carbocycles. The van der Waals surface area contributed by atoms with Crippen molar-refractivity contribution in [3.05, 3.63) is 59.7 Å². The van der Waals surface area contributed by atoms with Crippen molar-refractivity contribution in [2.24, 2.45) is 10.8 Å². The molecule has 0 saturated carbocycles. The summed E-state index contributed by atoms with van der Waals surface area (Å²) < 4.78 is 69.7. The molecule has 6 heteroatoms. The second-order valence-electron chi connectivity index (χ2n) is 11.0. The van der Waals surface area contributed by atoms with Gasteiger partial charge in [-0.05, 0) is 41.5 Å². The fraction of sp³-hybridized carbons (Fsp3) is 0.625. The Morgan fingerprint density at radius 2 is 0.763 bits per heavy atom. The van der Waals surface area contributed by atoms with Crippen molar-refractivity contribution in [3.8, 4) is 11.1 Å². The molecule has 0 unspecified atom stereocenters. The summed E-state index contributed by atoms with van der Waals surface area (Å²) >= 11 is 0. The van der Waals surface area contributed by atoms with Gasteiger partial charge in [-0.3, -0.25) is 0 Å². The number of hydrogen-bond donors (Lipinski definition) is 0. The van der Waals surface area contributed by atoms with E-state index < -0.39 is 17.8 Å². The normalized spacial score (nSPS) is 12.7. The highest BCUT2D eigenvalue weighted by Crippen LogP contribution is 2.49. The average molecular weight is 555 g/mol. The van der Waals surface area contributed by atoms with Crippen molar-refractivity contribution >= 4 is 0 Å². The fourth-order valence-electron chi connectivity index (χ4n) is 2.83. The van der Waals surface area contributed by atoms with Gasteiger partial charge in [0.25, 0.3) is 0 Å². The van der Waals surface area contributed by atoms with Crippen LogP contribution in [-0.2, 0) is 5.41 Å².